The minimum Gasteiger partial charge on any atom is -0.497 e. The molecule has 7 heteroatoms. The Morgan fingerprint density at radius 1 is 0.875 bits per heavy atom. The lowest BCUT2D eigenvalue weighted by atomic mass is 10.0. The van der Waals surface area contributed by atoms with Crippen LogP contribution in [0.3, 0.4) is 0 Å². The van der Waals surface area contributed by atoms with E-state index in [1.54, 1.807) is 61.7 Å². The molecule has 6 nitrogen and oxygen atoms in total. The number of hydrogen-bond acceptors (Lipinski definition) is 5. The normalized spacial score (nSPS) is 13.6. The SMILES string of the molecule is COc1ccc(C2=C(Nc3cc(Cl)ccc3OC)C(=O)N(c3ccccc3C)C2=O)cc1. The molecular weight excluding hydrogens is 428 g/mol. The fraction of sp³-hybridized carbons (Fsp3) is 0.120. The van der Waals surface area contributed by atoms with E-state index in [0.29, 0.717) is 33.5 Å². The van der Waals surface area contributed by atoms with Gasteiger partial charge in [-0.15, -0.1) is 0 Å². The van der Waals surface area contributed by atoms with Crippen molar-refractivity contribution in [2.75, 3.05) is 24.4 Å². The Morgan fingerprint density at radius 2 is 1.59 bits per heavy atom. The molecule has 0 saturated carbocycles. The fourth-order valence-electron chi connectivity index (χ4n) is 3.62. The number of nitrogens with one attached hydrogen (secondary N) is 1. The quantitative estimate of drug-likeness (QED) is 0.534. The Labute approximate surface area is 191 Å². The monoisotopic (exact) mass is 448 g/mol. The van der Waals surface area contributed by atoms with Crippen LogP contribution in [-0.2, 0) is 9.59 Å². The van der Waals surface area contributed by atoms with Crippen LogP contribution in [0.25, 0.3) is 5.57 Å². The second kappa shape index (κ2) is 8.77. The number of halogens is 1. The third kappa shape index (κ3) is 3.81. The molecular formula is C25H21ClN2O4. The first kappa shape index (κ1) is 21.5. The van der Waals surface area contributed by atoms with Crippen molar-refractivity contribution in [1.29, 1.82) is 0 Å². The highest BCUT2D eigenvalue weighted by Crippen LogP contribution is 2.37. The highest BCUT2D eigenvalue weighted by molar-refractivity contribution is 6.46. The molecule has 1 heterocycles. The summed E-state index contributed by atoms with van der Waals surface area (Å²) >= 11 is 6.17. The second-order valence-corrected chi connectivity index (χ2v) is 7.62. The first-order valence-corrected chi connectivity index (χ1v) is 10.3. The molecule has 2 amide bonds. The van der Waals surface area contributed by atoms with Gasteiger partial charge in [0, 0.05) is 5.02 Å². The number of rotatable bonds is 6. The van der Waals surface area contributed by atoms with Crippen LogP contribution in [0.4, 0.5) is 11.4 Å². The van der Waals surface area contributed by atoms with E-state index in [9.17, 15) is 9.59 Å². The van der Waals surface area contributed by atoms with Gasteiger partial charge >= 0.3 is 0 Å². The van der Waals surface area contributed by atoms with Crippen LogP contribution in [0.15, 0.2) is 72.4 Å². The van der Waals surface area contributed by atoms with Crippen LogP contribution in [0.1, 0.15) is 11.1 Å². The smallest absolute Gasteiger partial charge is 0.282 e. The van der Waals surface area contributed by atoms with E-state index in [-0.39, 0.29) is 11.3 Å². The summed E-state index contributed by atoms with van der Waals surface area (Å²) in [5.41, 5.74) is 2.80. The van der Waals surface area contributed by atoms with Crippen molar-refractivity contribution in [3.63, 3.8) is 0 Å². The Balaban J connectivity index is 1.86. The number of ether oxygens (including phenoxy) is 2. The third-order valence-corrected chi connectivity index (χ3v) is 5.48. The first-order valence-electron chi connectivity index (χ1n) is 9.88. The molecule has 3 aromatic rings. The molecule has 0 atom stereocenters. The summed E-state index contributed by atoms with van der Waals surface area (Å²) in [6, 6.07) is 19.3. The zero-order valence-electron chi connectivity index (χ0n) is 17.8. The van der Waals surface area contributed by atoms with Gasteiger partial charge < -0.3 is 14.8 Å². The molecule has 1 aliphatic heterocycles. The van der Waals surface area contributed by atoms with Gasteiger partial charge in [-0.05, 0) is 54.4 Å². The number of aryl methyl sites for hydroxylation is 1. The maximum Gasteiger partial charge on any atom is 0.282 e. The summed E-state index contributed by atoms with van der Waals surface area (Å²) in [5, 5.41) is 3.57. The van der Waals surface area contributed by atoms with E-state index in [1.165, 1.54) is 12.0 Å². The summed E-state index contributed by atoms with van der Waals surface area (Å²) in [5.74, 6) is 0.258. The standard InChI is InChI=1S/C25H21ClN2O4/c1-15-6-4-5-7-20(15)28-24(29)22(16-8-11-18(31-2)12-9-16)23(25(28)30)27-19-14-17(26)10-13-21(19)32-3/h4-14,27H,1-3H3. The molecule has 32 heavy (non-hydrogen) atoms. The number of hydrogen-bond donors (Lipinski definition) is 1. The number of imide groups is 1. The van der Waals surface area contributed by atoms with Crippen molar-refractivity contribution in [2.45, 2.75) is 6.92 Å². The lowest BCUT2D eigenvalue weighted by Gasteiger charge is -2.18. The number of para-hydroxylation sites is 1. The minimum atomic E-state index is -0.461. The van der Waals surface area contributed by atoms with Crippen LogP contribution in [0.5, 0.6) is 11.5 Å². The summed E-state index contributed by atoms with van der Waals surface area (Å²) in [6.07, 6.45) is 0. The van der Waals surface area contributed by atoms with E-state index >= 15 is 0 Å². The number of carbonyl (C=O) groups is 2. The van der Waals surface area contributed by atoms with Gasteiger partial charge in [-0.2, -0.15) is 0 Å². The highest BCUT2D eigenvalue weighted by atomic mass is 35.5. The third-order valence-electron chi connectivity index (χ3n) is 5.24. The predicted molar refractivity (Wildman–Crippen MR) is 125 cm³/mol. The molecule has 0 spiro atoms. The summed E-state index contributed by atoms with van der Waals surface area (Å²) in [6.45, 7) is 1.86. The number of benzene rings is 3. The Bertz CT molecular complexity index is 1230. The van der Waals surface area contributed by atoms with E-state index < -0.39 is 11.8 Å². The molecule has 162 valence electrons. The van der Waals surface area contributed by atoms with Crippen molar-refractivity contribution < 1.29 is 19.1 Å². The van der Waals surface area contributed by atoms with Crippen LogP contribution in [-0.4, -0.2) is 26.0 Å². The largest absolute Gasteiger partial charge is 0.497 e. The van der Waals surface area contributed by atoms with Crippen LogP contribution >= 0.6 is 11.6 Å². The van der Waals surface area contributed by atoms with Crippen molar-refractivity contribution in [3.05, 3.63) is 88.6 Å². The van der Waals surface area contributed by atoms with Crippen LogP contribution < -0.4 is 19.7 Å². The lowest BCUT2D eigenvalue weighted by Crippen LogP contribution is -2.33. The van der Waals surface area contributed by atoms with E-state index in [2.05, 4.69) is 5.32 Å². The van der Waals surface area contributed by atoms with Crippen LogP contribution in [0, 0.1) is 6.92 Å². The van der Waals surface area contributed by atoms with Crippen LogP contribution in [0.2, 0.25) is 5.02 Å². The predicted octanol–water partition coefficient (Wildman–Crippen LogP) is 5.06. The summed E-state index contributed by atoms with van der Waals surface area (Å²) < 4.78 is 10.6. The van der Waals surface area contributed by atoms with Crippen molar-refractivity contribution >= 4 is 40.4 Å². The minimum absolute atomic E-state index is 0.143. The molecule has 4 rings (SSSR count). The van der Waals surface area contributed by atoms with Gasteiger partial charge in [-0.3, -0.25) is 9.59 Å². The van der Waals surface area contributed by atoms with Gasteiger partial charge in [0.05, 0.1) is 31.2 Å². The van der Waals surface area contributed by atoms with E-state index in [0.717, 1.165) is 5.56 Å². The Hall–Kier alpha value is -3.77. The molecule has 0 saturated heterocycles. The van der Waals surface area contributed by atoms with Crippen molar-refractivity contribution in [2.24, 2.45) is 0 Å². The Morgan fingerprint density at radius 3 is 2.25 bits per heavy atom. The number of nitrogens with zero attached hydrogens (tertiary/aromatic N) is 1. The van der Waals surface area contributed by atoms with Gasteiger partial charge in [0.2, 0.25) is 0 Å². The first-order chi connectivity index (χ1) is 15.4. The van der Waals surface area contributed by atoms with Gasteiger partial charge in [-0.1, -0.05) is 41.9 Å². The molecule has 0 unspecified atom stereocenters. The average Bonchev–Trinajstić information content (AvgIpc) is 3.04. The van der Waals surface area contributed by atoms with Gasteiger partial charge in [0.15, 0.2) is 0 Å². The van der Waals surface area contributed by atoms with Gasteiger partial charge in [-0.25, -0.2) is 4.90 Å². The maximum absolute atomic E-state index is 13.6. The highest BCUT2D eigenvalue weighted by Gasteiger charge is 2.41. The molecule has 3 aromatic carbocycles. The Kier molecular flexibility index (Phi) is 5.88. The zero-order valence-corrected chi connectivity index (χ0v) is 18.6. The van der Waals surface area contributed by atoms with Gasteiger partial charge in [0.25, 0.3) is 11.8 Å². The molecule has 1 aliphatic rings. The number of anilines is 2. The van der Waals surface area contributed by atoms with Gasteiger partial charge in [0.1, 0.15) is 17.2 Å². The fourth-order valence-corrected chi connectivity index (χ4v) is 3.79. The van der Waals surface area contributed by atoms with E-state index in [4.69, 9.17) is 21.1 Å². The molecule has 0 aromatic heterocycles. The maximum atomic E-state index is 13.6. The lowest BCUT2D eigenvalue weighted by molar-refractivity contribution is -0.120. The number of amides is 2. The molecule has 0 bridgehead atoms. The number of carbonyl (C=O) groups excluding carboxylic acids is 2. The second-order valence-electron chi connectivity index (χ2n) is 7.18. The van der Waals surface area contributed by atoms with E-state index in [1.807, 2.05) is 19.1 Å². The molecule has 0 radical (unpaired) electrons. The molecule has 0 fully saturated rings. The van der Waals surface area contributed by atoms with Crippen molar-refractivity contribution in [3.8, 4) is 11.5 Å². The topological polar surface area (TPSA) is 67.9 Å². The average molecular weight is 449 g/mol. The molecule has 1 N–H and O–H groups in total. The summed E-state index contributed by atoms with van der Waals surface area (Å²) in [4.78, 5) is 28.3. The molecule has 0 aliphatic carbocycles. The zero-order chi connectivity index (χ0) is 22.8. The summed E-state index contributed by atoms with van der Waals surface area (Å²) in [7, 11) is 3.09. The number of methoxy groups -OCH3 is 2. The van der Waals surface area contributed by atoms with Crippen molar-refractivity contribution in [1.82, 2.24) is 0 Å².